The molecule has 0 saturated carbocycles. The highest BCUT2D eigenvalue weighted by Gasteiger charge is 2.38. The fraction of sp³-hybridized carbons (Fsp3) is 0.500. The van der Waals surface area contributed by atoms with Crippen molar-refractivity contribution in [1.82, 2.24) is 4.98 Å². The van der Waals surface area contributed by atoms with E-state index in [0.717, 1.165) is 0 Å². The Morgan fingerprint density at radius 1 is 1.56 bits per heavy atom. The highest BCUT2D eigenvalue weighted by molar-refractivity contribution is 7.91. The molecule has 1 aliphatic rings. The lowest BCUT2D eigenvalue weighted by molar-refractivity contribution is 0.572. The Hall–Kier alpha value is -1.30. The minimum Gasteiger partial charge on any atom is -0.399 e. The number of sulfone groups is 1. The molecule has 1 fully saturated rings. The number of anilines is 2. The molecule has 1 aliphatic heterocycles. The minimum absolute atomic E-state index is 0.149. The molecule has 88 valence electrons. The topological polar surface area (TPSA) is 85.1 Å². The second kappa shape index (κ2) is 3.62. The van der Waals surface area contributed by atoms with Crippen LogP contribution in [0, 0.1) is 0 Å². The molecule has 1 unspecified atom stereocenters. The fourth-order valence-electron chi connectivity index (χ4n) is 1.93. The van der Waals surface area contributed by atoms with E-state index < -0.39 is 15.4 Å². The Morgan fingerprint density at radius 3 is 2.88 bits per heavy atom. The van der Waals surface area contributed by atoms with Crippen molar-refractivity contribution in [2.75, 3.05) is 22.6 Å². The largest absolute Gasteiger partial charge is 0.399 e. The maximum Gasteiger partial charge on any atom is 0.152 e. The van der Waals surface area contributed by atoms with Crippen molar-refractivity contribution >= 4 is 21.3 Å². The predicted molar refractivity (Wildman–Crippen MR) is 63.9 cm³/mol. The van der Waals surface area contributed by atoms with Gasteiger partial charge in [0.05, 0.1) is 17.0 Å². The Balaban J connectivity index is 2.16. The highest BCUT2D eigenvalue weighted by Crippen LogP contribution is 2.26. The number of nitrogens with zero attached hydrogens (tertiary/aromatic N) is 1. The molecule has 3 N–H and O–H groups in total. The smallest absolute Gasteiger partial charge is 0.152 e. The van der Waals surface area contributed by atoms with Crippen LogP contribution in [0.5, 0.6) is 0 Å². The normalized spacial score (nSPS) is 27.8. The molecule has 1 atom stereocenters. The van der Waals surface area contributed by atoms with Gasteiger partial charge in [-0.1, -0.05) is 0 Å². The predicted octanol–water partition coefficient (Wildman–Crippen LogP) is 0.653. The van der Waals surface area contributed by atoms with Crippen LogP contribution in [-0.4, -0.2) is 30.4 Å². The summed E-state index contributed by atoms with van der Waals surface area (Å²) in [6.07, 6.45) is 2.20. The third-order valence-corrected chi connectivity index (χ3v) is 4.62. The molecule has 1 aromatic heterocycles. The molecule has 0 amide bonds. The summed E-state index contributed by atoms with van der Waals surface area (Å²) in [6, 6.07) is 3.40. The quantitative estimate of drug-likeness (QED) is 0.794. The average molecular weight is 241 g/mol. The molecule has 6 heteroatoms. The summed E-state index contributed by atoms with van der Waals surface area (Å²) in [7, 11) is -2.91. The molecule has 2 rings (SSSR count). The summed E-state index contributed by atoms with van der Waals surface area (Å²) in [5.74, 6) is 1.01. The van der Waals surface area contributed by atoms with Crippen molar-refractivity contribution in [2.24, 2.45) is 0 Å². The van der Waals surface area contributed by atoms with Crippen LogP contribution >= 0.6 is 0 Å². The molecule has 0 aliphatic carbocycles. The molecular weight excluding hydrogens is 226 g/mol. The Bertz CT molecular complexity index is 501. The lowest BCUT2D eigenvalue weighted by atomic mass is 10.0. The van der Waals surface area contributed by atoms with Crippen LogP contribution < -0.4 is 11.1 Å². The van der Waals surface area contributed by atoms with Crippen LogP contribution in [0.3, 0.4) is 0 Å². The number of pyridine rings is 1. The average Bonchev–Trinajstić information content (AvgIpc) is 2.40. The molecule has 16 heavy (non-hydrogen) atoms. The lowest BCUT2D eigenvalue weighted by Crippen LogP contribution is -2.36. The molecule has 0 radical (unpaired) electrons. The SMILES string of the molecule is CC1(Nc2cc(N)ccn2)CCS(=O)(=O)C1. The van der Waals surface area contributed by atoms with Gasteiger partial charge in [0.25, 0.3) is 0 Å². The van der Waals surface area contributed by atoms with Gasteiger partial charge in [-0.05, 0) is 19.4 Å². The Labute approximate surface area is 95.0 Å². The molecule has 2 heterocycles. The number of nitrogens with one attached hydrogen (secondary N) is 1. The molecule has 0 bridgehead atoms. The molecule has 1 saturated heterocycles. The first-order chi connectivity index (χ1) is 7.39. The van der Waals surface area contributed by atoms with Crippen LogP contribution in [0.25, 0.3) is 0 Å². The molecular formula is C10H15N3O2S. The monoisotopic (exact) mass is 241 g/mol. The van der Waals surface area contributed by atoms with Gasteiger partial charge in [-0.3, -0.25) is 0 Å². The van der Waals surface area contributed by atoms with E-state index in [-0.39, 0.29) is 11.5 Å². The van der Waals surface area contributed by atoms with Crippen molar-refractivity contribution in [3.63, 3.8) is 0 Å². The number of aromatic nitrogens is 1. The van der Waals surface area contributed by atoms with Crippen molar-refractivity contribution in [3.8, 4) is 0 Å². The van der Waals surface area contributed by atoms with E-state index in [9.17, 15) is 8.42 Å². The van der Waals surface area contributed by atoms with E-state index in [1.54, 1.807) is 18.3 Å². The highest BCUT2D eigenvalue weighted by atomic mass is 32.2. The van der Waals surface area contributed by atoms with Crippen molar-refractivity contribution in [3.05, 3.63) is 18.3 Å². The zero-order valence-corrected chi connectivity index (χ0v) is 9.92. The van der Waals surface area contributed by atoms with Crippen LogP contribution in [0.4, 0.5) is 11.5 Å². The van der Waals surface area contributed by atoms with Crippen molar-refractivity contribution in [1.29, 1.82) is 0 Å². The van der Waals surface area contributed by atoms with Crippen molar-refractivity contribution < 1.29 is 8.42 Å². The number of nitrogen functional groups attached to an aromatic ring is 1. The summed E-state index contributed by atoms with van der Waals surface area (Å²) in [4.78, 5) is 4.11. The fourth-order valence-corrected chi connectivity index (χ4v) is 4.03. The third kappa shape index (κ3) is 2.44. The van der Waals surface area contributed by atoms with Crippen LogP contribution in [0.2, 0.25) is 0 Å². The molecule has 1 aromatic rings. The molecule has 0 aromatic carbocycles. The first kappa shape index (κ1) is 11.2. The van der Waals surface area contributed by atoms with E-state index >= 15 is 0 Å². The van der Waals surface area contributed by atoms with Gasteiger partial charge in [0, 0.05) is 18.0 Å². The van der Waals surface area contributed by atoms with Gasteiger partial charge in [0.2, 0.25) is 0 Å². The number of rotatable bonds is 2. The van der Waals surface area contributed by atoms with Gasteiger partial charge in [0.15, 0.2) is 9.84 Å². The summed E-state index contributed by atoms with van der Waals surface area (Å²) in [5.41, 5.74) is 5.81. The Morgan fingerprint density at radius 2 is 2.31 bits per heavy atom. The molecule has 5 nitrogen and oxygen atoms in total. The van der Waals surface area contributed by atoms with Crippen LogP contribution in [0.15, 0.2) is 18.3 Å². The first-order valence-electron chi connectivity index (χ1n) is 5.09. The van der Waals surface area contributed by atoms with Crippen LogP contribution in [0.1, 0.15) is 13.3 Å². The number of nitrogens with two attached hydrogens (primary N) is 1. The van der Waals surface area contributed by atoms with E-state index in [1.165, 1.54) is 0 Å². The lowest BCUT2D eigenvalue weighted by Gasteiger charge is -2.24. The van der Waals surface area contributed by atoms with Gasteiger partial charge in [-0.15, -0.1) is 0 Å². The van der Waals surface area contributed by atoms with E-state index in [2.05, 4.69) is 10.3 Å². The standard InChI is InChI=1S/C10H15N3O2S/c1-10(3-5-16(14,15)7-10)13-9-6-8(11)2-4-12-9/h2,4,6H,3,5,7H2,1H3,(H3,11,12,13). The van der Waals surface area contributed by atoms with Gasteiger partial charge in [-0.2, -0.15) is 0 Å². The summed E-state index contributed by atoms with van der Waals surface area (Å²) >= 11 is 0. The third-order valence-electron chi connectivity index (χ3n) is 2.72. The number of hydrogen-bond acceptors (Lipinski definition) is 5. The summed E-state index contributed by atoms with van der Waals surface area (Å²) in [6.45, 7) is 1.89. The van der Waals surface area contributed by atoms with Crippen molar-refractivity contribution in [2.45, 2.75) is 18.9 Å². The second-order valence-corrected chi connectivity index (χ2v) is 6.69. The maximum atomic E-state index is 11.4. The van der Waals surface area contributed by atoms with E-state index in [1.807, 2.05) is 6.92 Å². The maximum absolute atomic E-state index is 11.4. The number of hydrogen-bond donors (Lipinski definition) is 2. The zero-order valence-electron chi connectivity index (χ0n) is 9.10. The summed E-state index contributed by atoms with van der Waals surface area (Å²) < 4.78 is 22.8. The Kier molecular flexibility index (Phi) is 2.53. The molecule has 0 spiro atoms. The van der Waals surface area contributed by atoms with E-state index in [4.69, 9.17) is 5.73 Å². The van der Waals surface area contributed by atoms with E-state index in [0.29, 0.717) is 17.9 Å². The van der Waals surface area contributed by atoms with Gasteiger partial charge < -0.3 is 11.1 Å². The summed E-state index contributed by atoms with van der Waals surface area (Å²) in [5, 5.41) is 3.14. The minimum atomic E-state index is -2.91. The zero-order chi connectivity index (χ0) is 11.8. The second-order valence-electron chi connectivity index (χ2n) is 4.50. The van der Waals surface area contributed by atoms with Gasteiger partial charge in [-0.25, -0.2) is 13.4 Å². The first-order valence-corrected chi connectivity index (χ1v) is 6.91. The van der Waals surface area contributed by atoms with Crippen LogP contribution in [-0.2, 0) is 9.84 Å². The van der Waals surface area contributed by atoms with Gasteiger partial charge in [0.1, 0.15) is 5.82 Å². The van der Waals surface area contributed by atoms with Gasteiger partial charge >= 0.3 is 0 Å².